The summed E-state index contributed by atoms with van der Waals surface area (Å²) in [5.41, 5.74) is -0.988. The summed E-state index contributed by atoms with van der Waals surface area (Å²) in [7, 11) is 0. The number of carbonyl (C=O) groups is 3. The Labute approximate surface area is 202 Å². The first kappa shape index (κ1) is 25.5. The minimum Gasteiger partial charge on any atom is -0.484 e. The Morgan fingerprint density at radius 3 is 2.32 bits per heavy atom. The van der Waals surface area contributed by atoms with Gasteiger partial charge < -0.3 is 19.5 Å². The van der Waals surface area contributed by atoms with Gasteiger partial charge in [0.05, 0.1) is 10.6 Å². The normalized spacial score (nSPS) is 18.8. The van der Waals surface area contributed by atoms with Crippen LogP contribution in [-0.4, -0.2) is 35.2 Å². The number of ketones is 1. The summed E-state index contributed by atoms with van der Waals surface area (Å²) in [5.74, 6) is -1.22. The van der Waals surface area contributed by atoms with Crippen LogP contribution in [0.4, 0.5) is 9.18 Å². The van der Waals surface area contributed by atoms with E-state index in [0.29, 0.717) is 16.9 Å². The van der Waals surface area contributed by atoms with Crippen LogP contribution in [0, 0.1) is 5.82 Å². The maximum absolute atomic E-state index is 13.6. The molecule has 2 atom stereocenters. The maximum atomic E-state index is 13.6. The average Bonchev–Trinajstić information content (AvgIpc) is 2.70. The predicted octanol–water partition coefficient (Wildman–Crippen LogP) is 5.64. The molecule has 0 fully saturated rings. The molecule has 7 nitrogen and oxygen atoms in total. The standard InChI is InChI=1S/C25H27ClFNO6/c1-13(29)14-8-10-19-16(11-14)20(28-23(31)34-24(2,3)4)21(25(5,6)33-19)32-22(30)15-7-9-18(27)17(26)12-15/h7-12,20-21H,1-6H3,(H,28,31)/t20-,21+/m1/s1. The molecule has 1 aliphatic heterocycles. The van der Waals surface area contributed by atoms with E-state index in [1.165, 1.54) is 13.0 Å². The van der Waals surface area contributed by atoms with Crippen molar-refractivity contribution in [3.63, 3.8) is 0 Å². The van der Waals surface area contributed by atoms with Gasteiger partial charge in [-0.05, 0) is 77.9 Å². The Morgan fingerprint density at radius 2 is 1.74 bits per heavy atom. The number of rotatable bonds is 4. The van der Waals surface area contributed by atoms with Crippen LogP contribution in [0.15, 0.2) is 36.4 Å². The van der Waals surface area contributed by atoms with Crippen molar-refractivity contribution < 1.29 is 33.0 Å². The number of benzene rings is 2. The van der Waals surface area contributed by atoms with Crippen molar-refractivity contribution >= 4 is 29.4 Å². The number of amides is 1. The molecule has 0 radical (unpaired) electrons. The molecule has 0 aliphatic carbocycles. The Morgan fingerprint density at radius 1 is 1.09 bits per heavy atom. The van der Waals surface area contributed by atoms with Crippen LogP contribution in [-0.2, 0) is 9.47 Å². The number of Topliss-reactive ketones (excluding diaryl/α,β-unsaturated/α-hetero) is 1. The molecule has 182 valence electrons. The number of hydrogen-bond acceptors (Lipinski definition) is 6. The van der Waals surface area contributed by atoms with Crippen molar-refractivity contribution in [3.8, 4) is 5.75 Å². The number of hydrogen-bond donors (Lipinski definition) is 1. The SMILES string of the molecule is CC(=O)c1ccc2c(c1)[C@@H](NC(=O)OC(C)(C)C)[C@H](OC(=O)c1ccc(F)c(Cl)c1)C(C)(C)O2. The molecule has 0 bridgehead atoms. The average molecular weight is 492 g/mol. The molecular weight excluding hydrogens is 465 g/mol. The summed E-state index contributed by atoms with van der Waals surface area (Å²) < 4.78 is 30.9. The summed E-state index contributed by atoms with van der Waals surface area (Å²) in [6.07, 6.45) is -1.77. The minimum atomic E-state index is -1.09. The van der Waals surface area contributed by atoms with Gasteiger partial charge in [0, 0.05) is 11.1 Å². The molecule has 1 amide bonds. The highest BCUT2D eigenvalue weighted by atomic mass is 35.5. The quantitative estimate of drug-likeness (QED) is 0.439. The first-order valence-electron chi connectivity index (χ1n) is 10.7. The maximum Gasteiger partial charge on any atom is 0.408 e. The van der Waals surface area contributed by atoms with Crippen molar-refractivity contribution in [2.24, 2.45) is 0 Å². The highest BCUT2D eigenvalue weighted by Crippen LogP contribution is 2.42. The molecule has 34 heavy (non-hydrogen) atoms. The summed E-state index contributed by atoms with van der Waals surface area (Å²) in [4.78, 5) is 37.7. The number of alkyl carbamates (subject to hydrolysis) is 1. The van der Waals surface area contributed by atoms with Crippen LogP contribution < -0.4 is 10.1 Å². The van der Waals surface area contributed by atoms with Crippen molar-refractivity contribution in [3.05, 3.63) is 63.9 Å². The summed E-state index contributed by atoms with van der Waals surface area (Å²) in [5, 5.41) is 2.54. The molecule has 0 unspecified atom stereocenters. The van der Waals surface area contributed by atoms with Crippen molar-refractivity contribution in [2.75, 3.05) is 0 Å². The lowest BCUT2D eigenvalue weighted by Crippen LogP contribution is -2.55. The van der Waals surface area contributed by atoms with Crippen molar-refractivity contribution in [2.45, 2.75) is 64.9 Å². The van der Waals surface area contributed by atoms with Crippen LogP contribution in [0.5, 0.6) is 5.75 Å². The number of halogens is 2. The van der Waals surface area contributed by atoms with Gasteiger partial charge in [0.1, 0.15) is 28.8 Å². The van der Waals surface area contributed by atoms with E-state index < -0.39 is 41.2 Å². The van der Waals surface area contributed by atoms with Gasteiger partial charge in [-0.1, -0.05) is 11.6 Å². The van der Waals surface area contributed by atoms with E-state index in [9.17, 15) is 18.8 Å². The Kier molecular flexibility index (Phi) is 6.94. The van der Waals surface area contributed by atoms with Crippen LogP contribution in [0.2, 0.25) is 5.02 Å². The third-order valence-corrected chi connectivity index (χ3v) is 5.46. The lowest BCUT2D eigenvalue weighted by Gasteiger charge is -2.44. The third-order valence-electron chi connectivity index (χ3n) is 5.17. The highest BCUT2D eigenvalue weighted by molar-refractivity contribution is 6.31. The van der Waals surface area contributed by atoms with Crippen LogP contribution in [0.3, 0.4) is 0 Å². The Balaban J connectivity index is 2.03. The van der Waals surface area contributed by atoms with Gasteiger partial charge >= 0.3 is 12.1 Å². The largest absolute Gasteiger partial charge is 0.484 e. The topological polar surface area (TPSA) is 90.9 Å². The van der Waals surface area contributed by atoms with E-state index in [4.69, 9.17) is 25.8 Å². The molecule has 3 rings (SSSR count). The Bertz CT molecular complexity index is 1140. The summed E-state index contributed by atoms with van der Waals surface area (Å²) in [6, 6.07) is 7.40. The fourth-order valence-electron chi connectivity index (χ4n) is 3.61. The zero-order valence-electron chi connectivity index (χ0n) is 19.8. The monoisotopic (exact) mass is 491 g/mol. The molecule has 1 N–H and O–H groups in total. The zero-order valence-corrected chi connectivity index (χ0v) is 20.6. The molecule has 0 saturated carbocycles. The van der Waals surface area contributed by atoms with Gasteiger partial charge in [0.25, 0.3) is 0 Å². The lowest BCUT2D eigenvalue weighted by atomic mass is 9.85. The number of carbonyl (C=O) groups excluding carboxylic acids is 3. The second-order valence-corrected chi connectivity index (χ2v) is 10.0. The fraction of sp³-hybridized carbons (Fsp3) is 0.400. The molecule has 0 spiro atoms. The summed E-state index contributed by atoms with van der Waals surface area (Å²) >= 11 is 5.82. The molecule has 0 aromatic heterocycles. The van der Waals surface area contributed by atoms with Gasteiger partial charge in [0.2, 0.25) is 0 Å². The van der Waals surface area contributed by atoms with Gasteiger partial charge in [-0.15, -0.1) is 0 Å². The first-order chi connectivity index (χ1) is 15.7. The van der Waals surface area contributed by atoms with Gasteiger partial charge in [-0.2, -0.15) is 0 Å². The van der Waals surface area contributed by atoms with Crippen LogP contribution in [0.25, 0.3) is 0 Å². The molecule has 2 aromatic carbocycles. The van der Waals surface area contributed by atoms with Crippen molar-refractivity contribution in [1.29, 1.82) is 0 Å². The molecule has 9 heteroatoms. The van der Waals surface area contributed by atoms with Gasteiger partial charge in [-0.25, -0.2) is 14.0 Å². The zero-order chi connectivity index (χ0) is 25.4. The molecule has 0 saturated heterocycles. The first-order valence-corrected chi connectivity index (χ1v) is 11.1. The highest BCUT2D eigenvalue weighted by Gasteiger charge is 2.48. The second-order valence-electron chi connectivity index (χ2n) is 9.59. The minimum absolute atomic E-state index is 0.0292. The summed E-state index contributed by atoms with van der Waals surface area (Å²) in [6.45, 7) is 9.98. The second kappa shape index (κ2) is 9.25. The van der Waals surface area contributed by atoms with E-state index in [0.717, 1.165) is 12.1 Å². The Hall–Kier alpha value is -3.13. The van der Waals surface area contributed by atoms with E-state index in [-0.39, 0.29) is 16.4 Å². The number of nitrogens with one attached hydrogen (secondary N) is 1. The van der Waals surface area contributed by atoms with Crippen LogP contribution in [0.1, 0.15) is 73.9 Å². The van der Waals surface area contributed by atoms with E-state index in [1.54, 1.807) is 52.8 Å². The molecular formula is C25H27ClFNO6. The molecule has 1 aliphatic rings. The predicted molar refractivity (Wildman–Crippen MR) is 124 cm³/mol. The van der Waals surface area contributed by atoms with Gasteiger partial charge in [0.15, 0.2) is 11.9 Å². The van der Waals surface area contributed by atoms with Crippen molar-refractivity contribution in [1.82, 2.24) is 5.32 Å². The lowest BCUT2D eigenvalue weighted by molar-refractivity contribution is -0.0790. The van der Waals surface area contributed by atoms with Gasteiger partial charge in [-0.3, -0.25) is 4.79 Å². The third kappa shape index (κ3) is 5.67. The number of fused-ring (bicyclic) bond motifs is 1. The molecule has 1 heterocycles. The van der Waals surface area contributed by atoms with E-state index >= 15 is 0 Å². The van der Waals surface area contributed by atoms with Crippen LogP contribution >= 0.6 is 11.6 Å². The van der Waals surface area contributed by atoms with E-state index in [2.05, 4.69) is 5.32 Å². The fourth-order valence-corrected chi connectivity index (χ4v) is 3.79. The smallest absolute Gasteiger partial charge is 0.408 e. The number of esters is 1. The number of ether oxygens (including phenoxy) is 3. The molecule has 2 aromatic rings. The van der Waals surface area contributed by atoms with E-state index in [1.807, 2.05) is 0 Å².